The number of hydrogen-bond donors (Lipinski definition) is 0. The minimum absolute atomic E-state index is 0.0710. The number of ether oxygens (including phenoxy) is 2. The molecule has 2 rings (SSSR count). The van der Waals surface area contributed by atoms with Crippen LogP contribution in [-0.2, 0) is 19.1 Å². The molecule has 2 aliphatic carbocycles. The van der Waals surface area contributed by atoms with E-state index >= 15 is 0 Å². The van der Waals surface area contributed by atoms with Gasteiger partial charge in [-0.2, -0.15) is 0 Å². The first-order valence-corrected chi connectivity index (χ1v) is 12.0. The molecule has 0 bridgehead atoms. The summed E-state index contributed by atoms with van der Waals surface area (Å²) in [6, 6.07) is 0. The first kappa shape index (κ1) is 24.0. The lowest BCUT2D eigenvalue weighted by Crippen LogP contribution is -2.30. The zero-order valence-electron chi connectivity index (χ0n) is 18.8. The Morgan fingerprint density at radius 3 is 2.10 bits per heavy atom. The van der Waals surface area contributed by atoms with Gasteiger partial charge < -0.3 is 9.47 Å². The second kappa shape index (κ2) is 13.1. The molecular formula is C25H42O4. The third-order valence-electron chi connectivity index (χ3n) is 6.79. The van der Waals surface area contributed by atoms with E-state index in [0.717, 1.165) is 63.2 Å². The maximum atomic E-state index is 12.5. The zero-order chi connectivity index (χ0) is 21.1. The molecule has 0 N–H and O–H groups in total. The second-order valence-corrected chi connectivity index (χ2v) is 9.35. The quantitative estimate of drug-likeness (QED) is 0.227. The molecule has 0 spiro atoms. The predicted octanol–water partition coefficient (Wildman–Crippen LogP) is 6.37. The fourth-order valence-electron chi connectivity index (χ4n) is 4.89. The highest BCUT2D eigenvalue weighted by molar-refractivity contribution is 5.86. The fourth-order valence-corrected chi connectivity index (χ4v) is 4.89. The number of hydrogen-bond acceptors (Lipinski definition) is 4. The van der Waals surface area contributed by atoms with Crippen LogP contribution in [0.3, 0.4) is 0 Å². The highest BCUT2D eigenvalue weighted by Gasteiger charge is 2.30. The van der Waals surface area contributed by atoms with Crippen LogP contribution in [0, 0.1) is 17.8 Å². The molecule has 2 saturated carbocycles. The molecular weight excluding hydrogens is 364 g/mol. The van der Waals surface area contributed by atoms with Gasteiger partial charge in [0.25, 0.3) is 0 Å². The third-order valence-corrected chi connectivity index (χ3v) is 6.79. The molecule has 0 heterocycles. The van der Waals surface area contributed by atoms with E-state index in [-0.39, 0.29) is 24.0 Å². The van der Waals surface area contributed by atoms with E-state index in [0.29, 0.717) is 12.2 Å². The summed E-state index contributed by atoms with van der Waals surface area (Å²) in [4.78, 5) is 23.9. The minimum atomic E-state index is -0.288. The van der Waals surface area contributed by atoms with Crippen molar-refractivity contribution in [1.82, 2.24) is 0 Å². The van der Waals surface area contributed by atoms with Crippen LogP contribution < -0.4 is 0 Å². The fraction of sp³-hybridized carbons (Fsp3) is 0.840. The molecule has 166 valence electrons. The summed E-state index contributed by atoms with van der Waals surface area (Å²) in [5.74, 6) is 1.50. The number of carbonyl (C=O) groups is 2. The third kappa shape index (κ3) is 8.92. The Bertz CT molecular complexity index is 511. The molecule has 2 fully saturated rings. The van der Waals surface area contributed by atoms with Crippen molar-refractivity contribution in [3.05, 3.63) is 12.2 Å². The molecule has 0 aromatic rings. The molecule has 4 heteroatoms. The number of unbranched alkanes of at least 4 members (excludes halogenated alkanes) is 2. The van der Waals surface area contributed by atoms with Crippen molar-refractivity contribution in [1.29, 1.82) is 0 Å². The molecule has 0 aromatic carbocycles. The van der Waals surface area contributed by atoms with Gasteiger partial charge in [0.2, 0.25) is 0 Å². The van der Waals surface area contributed by atoms with Gasteiger partial charge in [-0.3, -0.25) is 4.79 Å². The van der Waals surface area contributed by atoms with Crippen LogP contribution in [0.25, 0.3) is 0 Å². The topological polar surface area (TPSA) is 52.6 Å². The van der Waals surface area contributed by atoms with Crippen LogP contribution in [0.1, 0.15) is 104 Å². The Balaban J connectivity index is 1.52. The maximum Gasteiger partial charge on any atom is 0.333 e. The van der Waals surface area contributed by atoms with Crippen molar-refractivity contribution in [2.75, 3.05) is 6.61 Å². The molecule has 0 unspecified atom stereocenters. The molecule has 4 nitrogen and oxygen atoms in total. The van der Waals surface area contributed by atoms with E-state index in [2.05, 4.69) is 13.5 Å². The van der Waals surface area contributed by atoms with Crippen molar-refractivity contribution in [2.24, 2.45) is 17.8 Å². The lowest BCUT2D eigenvalue weighted by Gasteiger charge is -2.31. The van der Waals surface area contributed by atoms with Gasteiger partial charge in [0.15, 0.2) is 0 Å². The largest absolute Gasteiger partial charge is 0.462 e. The Morgan fingerprint density at radius 1 is 0.862 bits per heavy atom. The molecule has 0 aliphatic heterocycles. The van der Waals surface area contributed by atoms with Crippen molar-refractivity contribution < 1.29 is 19.1 Å². The molecule has 0 atom stereocenters. The van der Waals surface area contributed by atoms with Crippen LogP contribution >= 0.6 is 0 Å². The van der Waals surface area contributed by atoms with Gasteiger partial charge in [0, 0.05) is 5.57 Å². The second-order valence-electron chi connectivity index (χ2n) is 9.35. The monoisotopic (exact) mass is 406 g/mol. The summed E-state index contributed by atoms with van der Waals surface area (Å²) in [6.45, 7) is 8.00. The molecule has 0 radical (unpaired) electrons. The Labute approximate surface area is 177 Å². The van der Waals surface area contributed by atoms with Crippen LogP contribution in [-0.4, -0.2) is 24.6 Å². The van der Waals surface area contributed by atoms with Crippen LogP contribution in [0.2, 0.25) is 0 Å². The highest BCUT2D eigenvalue weighted by Crippen LogP contribution is 2.34. The molecule has 0 amide bonds. The van der Waals surface area contributed by atoms with Gasteiger partial charge in [-0.25, -0.2) is 4.79 Å². The smallest absolute Gasteiger partial charge is 0.333 e. The average Bonchev–Trinajstić information content (AvgIpc) is 2.72. The standard InChI is InChI=1S/C25H42O4/c1-4-8-20-12-16-23(17-13-20)29-25(27)22-14-10-21(11-15-22)9-6-5-7-18-28-24(26)19(2)3/h20-23H,2,4-18H2,1,3H3. The Hall–Kier alpha value is -1.32. The van der Waals surface area contributed by atoms with Gasteiger partial charge in [0.05, 0.1) is 12.5 Å². The van der Waals surface area contributed by atoms with Gasteiger partial charge in [-0.1, -0.05) is 45.6 Å². The normalized spacial score (nSPS) is 27.2. The van der Waals surface area contributed by atoms with E-state index in [1.54, 1.807) is 6.92 Å². The minimum Gasteiger partial charge on any atom is -0.462 e. The van der Waals surface area contributed by atoms with E-state index < -0.39 is 0 Å². The summed E-state index contributed by atoms with van der Waals surface area (Å²) in [7, 11) is 0. The van der Waals surface area contributed by atoms with E-state index in [9.17, 15) is 9.59 Å². The first-order chi connectivity index (χ1) is 14.0. The molecule has 2 aliphatic rings. The van der Waals surface area contributed by atoms with E-state index in [4.69, 9.17) is 9.47 Å². The van der Waals surface area contributed by atoms with Gasteiger partial charge >= 0.3 is 11.9 Å². The molecule has 29 heavy (non-hydrogen) atoms. The van der Waals surface area contributed by atoms with Crippen molar-refractivity contribution in [3.8, 4) is 0 Å². The summed E-state index contributed by atoms with van der Waals surface area (Å²) in [5.41, 5.74) is 0.462. The Kier molecular flexibility index (Phi) is 10.8. The maximum absolute atomic E-state index is 12.5. The lowest BCUT2D eigenvalue weighted by atomic mass is 9.79. The predicted molar refractivity (Wildman–Crippen MR) is 116 cm³/mol. The highest BCUT2D eigenvalue weighted by atomic mass is 16.5. The summed E-state index contributed by atoms with van der Waals surface area (Å²) in [6.07, 6.45) is 16.0. The van der Waals surface area contributed by atoms with Gasteiger partial charge in [-0.05, 0) is 76.5 Å². The van der Waals surface area contributed by atoms with Crippen molar-refractivity contribution >= 4 is 11.9 Å². The summed E-state index contributed by atoms with van der Waals surface area (Å²) in [5, 5.41) is 0. The van der Waals surface area contributed by atoms with Crippen LogP contribution in [0.5, 0.6) is 0 Å². The van der Waals surface area contributed by atoms with Crippen LogP contribution in [0.4, 0.5) is 0 Å². The first-order valence-electron chi connectivity index (χ1n) is 12.0. The molecule has 0 saturated heterocycles. The van der Waals surface area contributed by atoms with Gasteiger partial charge in [-0.15, -0.1) is 0 Å². The number of esters is 2. The lowest BCUT2D eigenvalue weighted by molar-refractivity contribution is -0.157. The molecule has 0 aromatic heterocycles. The van der Waals surface area contributed by atoms with E-state index in [1.807, 2.05) is 0 Å². The number of rotatable bonds is 11. The van der Waals surface area contributed by atoms with Crippen molar-refractivity contribution in [2.45, 2.75) is 110 Å². The van der Waals surface area contributed by atoms with Crippen molar-refractivity contribution in [3.63, 3.8) is 0 Å². The van der Waals surface area contributed by atoms with E-state index in [1.165, 1.54) is 38.5 Å². The van der Waals surface area contributed by atoms with Crippen LogP contribution in [0.15, 0.2) is 12.2 Å². The summed E-state index contributed by atoms with van der Waals surface area (Å²) < 4.78 is 11.0. The number of carbonyl (C=O) groups excluding carboxylic acids is 2. The SMILES string of the molecule is C=C(C)C(=O)OCCCCCC1CCC(C(=O)OC2CCC(CCC)CC2)CC1. The zero-order valence-corrected chi connectivity index (χ0v) is 18.8. The Morgan fingerprint density at radius 2 is 1.48 bits per heavy atom. The average molecular weight is 407 g/mol. The summed E-state index contributed by atoms with van der Waals surface area (Å²) >= 11 is 0. The van der Waals surface area contributed by atoms with Gasteiger partial charge in [0.1, 0.15) is 6.10 Å².